The van der Waals surface area contributed by atoms with E-state index in [0.717, 1.165) is 16.5 Å². The average molecular weight is 308 g/mol. The molecule has 2 aromatic rings. The van der Waals surface area contributed by atoms with Gasteiger partial charge >= 0.3 is 0 Å². The summed E-state index contributed by atoms with van der Waals surface area (Å²) in [7, 11) is 0. The average Bonchev–Trinajstić information content (AvgIpc) is 2.85. The zero-order valence-electron chi connectivity index (χ0n) is 11.5. The molecule has 0 saturated carbocycles. The van der Waals surface area contributed by atoms with Gasteiger partial charge in [-0.25, -0.2) is 9.37 Å². The number of carbonyl (C=O) groups is 1. The lowest BCUT2D eigenvalue weighted by molar-refractivity contribution is -0.119. The Hall–Kier alpha value is -1.88. The van der Waals surface area contributed by atoms with Crippen molar-refractivity contribution < 1.29 is 9.18 Å². The van der Waals surface area contributed by atoms with Crippen molar-refractivity contribution >= 4 is 34.2 Å². The molecule has 110 valence electrons. The summed E-state index contributed by atoms with van der Waals surface area (Å²) in [5.74, 6) is 0.0247. The van der Waals surface area contributed by atoms with Crippen molar-refractivity contribution in [3.8, 4) is 0 Å². The first-order chi connectivity index (χ1) is 9.97. The van der Waals surface area contributed by atoms with E-state index in [1.54, 1.807) is 11.0 Å². The highest BCUT2D eigenvalue weighted by Crippen LogP contribution is 2.30. The van der Waals surface area contributed by atoms with Gasteiger partial charge in [0.1, 0.15) is 18.0 Å². The number of nitrogens with zero attached hydrogens (tertiary/aromatic N) is 2. The normalized spacial score (nSPS) is 22.0. The summed E-state index contributed by atoms with van der Waals surface area (Å²) in [6.07, 6.45) is -0.954. The molecule has 0 unspecified atom stereocenters. The first kappa shape index (κ1) is 14.1. The number of halogens is 2. The number of anilines is 1. The summed E-state index contributed by atoms with van der Waals surface area (Å²) in [4.78, 5) is 17.7. The largest absolute Gasteiger partial charge is 0.368 e. The van der Waals surface area contributed by atoms with Gasteiger partial charge < -0.3 is 10.6 Å². The van der Waals surface area contributed by atoms with Gasteiger partial charge in [-0.3, -0.25) is 4.79 Å². The quantitative estimate of drug-likeness (QED) is 0.927. The fourth-order valence-corrected chi connectivity index (χ4v) is 2.92. The predicted octanol–water partition coefficient (Wildman–Crippen LogP) is 2.60. The molecule has 0 aliphatic carbocycles. The first-order valence-electron chi connectivity index (χ1n) is 6.73. The smallest absolute Gasteiger partial charge is 0.240 e. The zero-order chi connectivity index (χ0) is 15.1. The van der Waals surface area contributed by atoms with Crippen LogP contribution in [0.4, 0.5) is 10.2 Å². The molecule has 2 atom stereocenters. The number of aromatic nitrogens is 1. The van der Waals surface area contributed by atoms with Gasteiger partial charge in [-0.15, -0.1) is 0 Å². The Balaban J connectivity index is 2.08. The highest BCUT2D eigenvalue weighted by molar-refractivity contribution is 6.32. The van der Waals surface area contributed by atoms with Gasteiger partial charge in [0.15, 0.2) is 0 Å². The zero-order valence-corrected chi connectivity index (χ0v) is 12.3. The van der Waals surface area contributed by atoms with Gasteiger partial charge in [0, 0.05) is 16.8 Å². The van der Waals surface area contributed by atoms with E-state index in [1.165, 1.54) is 0 Å². The van der Waals surface area contributed by atoms with Crippen LogP contribution in [0.25, 0.3) is 10.9 Å². The van der Waals surface area contributed by atoms with E-state index in [4.69, 9.17) is 17.3 Å². The molecule has 2 heterocycles. The number of hydrogen-bond acceptors (Lipinski definition) is 3. The van der Waals surface area contributed by atoms with Crippen molar-refractivity contribution in [1.29, 1.82) is 0 Å². The Kier molecular flexibility index (Phi) is 3.45. The van der Waals surface area contributed by atoms with E-state index in [1.807, 2.05) is 25.1 Å². The number of rotatable bonds is 2. The summed E-state index contributed by atoms with van der Waals surface area (Å²) in [6.45, 7) is 2.01. The molecule has 2 N–H and O–H groups in total. The van der Waals surface area contributed by atoms with Crippen molar-refractivity contribution in [2.45, 2.75) is 25.6 Å². The van der Waals surface area contributed by atoms with Gasteiger partial charge in [0.05, 0.1) is 12.1 Å². The first-order valence-corrected chi connectivity index (χ1v) is 7.11. The lowest BCUT2D eigenvalue weighted by Crippen LogP contribution is -2.40. The van der Waals surface area contributed by atoms with E-state index in [2.05, 4.69) is 4.98 Å². The Morgan fingerprint density at radius 1 is 1.43 bits per heavy atom. The highest BCUT2D eigenvalue weighted by Gasteiger charge is 2.36. The molecule has 0 bridgehead atoms. The third kappa shape index (κ3) is 2.42. The standard InChI is InChI=1S/C15H15ClFN3O/c1-8-11(16)4-2-9-3-5-13(19-14(8)9)20-7-10(17)6-12(20)15(18)21/h2-5,10,12H,6-7H2,1H3,(H2,18,21)/t10-,12+/m1/s1. The minimum absolute atomic E-state index is 0.115. The maximum Gasteiger partial charge on any atom is 0.240 e. The summed E-state index contributed by atoms with van der Waals surface area (Å²) in [6, 6.07) is 6.73. The molecule has 1 fully saturated rings. The molecule has 1 aliphatic rings. The molecular weight excluding hydrogens is 293 g/mol. The fourth-order valence-electron chi connectivity index (χ4n) is 2.76. The van der Waals surface area contributed by atoms with Gasteiger partial charge in [-0.1, -0.05) is 17.7 Å². The minimum atomic E-state index is -1.07. The maximum absolute atomic E-state index is 13.6. The van der Waals surface area contributed by atoms with Crippen molar-refractivity contribution in [2.24, 2.45) is 5.73 Å². The van der Waals surface area contributed by atoms with Crippen LogP contribution in [0.2, 0.25) is 5.02 Å². The minimum Gasteiger partial charge on any atom is -0.368 e. The Morgan fingerprint density at radius 3 is 2.86 bits per heavy atom. The number of alkyl halides is 1. The van der Waals surface area contributed by atoms with E-state index in [9.17, 15) is 9.18 Å². The summed E-state index contributed by atoms with van der Waals surface area (Å²) < 4.78 is 13.6. The predicted molar refractivity (Wildman–Crippen MR) is 81.3 cm³/mol. The highest BCUT2D eigenvalue weighted by atomic mass is 35.5. The third-order valence-electron chi connectivity index (χ3n) is 3.91. The van der Waals surface area contributed by atoms with Gasteiger partial charge in [0.25, 0.3) is 0 Å². The number of amides is 1. The van der Waals surface area contributed by atoms with Crippen molar-refractivity contribution in [2.75, 3.05) is 11.4 Å². The van der Waals surface area contributed by atoms with Crippen LogP contribution in [0.15, 0.2) is 24.3 Å². The van der Waals surface area contributed by atoms with Gasteiger partial charge in [-0.05, 0) is 30.7 Å². The molecule has 0 radical (unpaired) electrons. The van der Waals surface area contributed by atoms with E-state index >= 15 is 0 Å². The van der Waals surface area contributed by atoms with Gasteiger partial charge in [0.2, 0.25) is 5.91 Å². The number of fused-ring (bicyclic) bond motifs is 1. The topological polar surface area (TPSA) is 59.2 Å². The number of nitrogens with two attached hydrogens (primary N) is 1. The SMILES string of the molecule is Cc1c(Cl)ccc2ccc(N3C[C@H](F)C[C@H]3C(N)=O)nc12. The Morgan fingerprint density at radius 2 is 2.14 bits per heavy atom. The molecule has 4 nitrogen and oxygen atoms in total. The maximum atomic E-state index is 13.6. The second-order valence-electron chi connectivity index (χ2n) is 5.32. The van der Waals surface area contributed by atoms with Crippen LogP contribution in [0.5, 0.6) is 0 Å². The van der Waals surface area contributed by atoms with Crippen molar-refractivity contribution in [1.82, 2.24) is 4.98 Å². The van der Waals surface area contributed by atoms with Crippen LogP contribution >= 0.6 is 11.6 Å². The summed E-state index contributed by atoms with van der Waals surface area (Å²) in [5.41, 5.74) is 6.98. The van der Waals surface area contributed by atoms with Crippen LogP contribution in [-0.2, 0) is 4.79 Å². The molecule has 1 saturated heterocycles. The second-order valence-corrected chi connectivity index (χ2v) is 5.72. The summed E-state index contributed by atoms with van der Waals surface area (Å²) >= 11 is 6.11. The van der Waals surface area contributed by atoms with E-state index in [0.29, 0.717) is 10.8 Å². The molecular formula is C15H15ClFN3O. The third-order valence-corrected chi connectivity index (χ3v) is 4.32. The molecule has 0 spiro atoms. The van der Waals surface area contributed by atoms with Crippen LogP contribution in [0.3, 0.4) is 0 Å². The molecule has 21 heavy (non-hydrogen) atoms. The molecule has 1 aromatic carbocycles. The molecule has 1 amide bonds. The van der Waals surface area contributed by atoms with E-state index in [-0.39, 0.29) is 13.0 Å². The summed E-state index contributed by atoms with van der Waals surface area (Å²) in [5, 5.41) is 1.58. The van der Waals surface area contributed by atoms with E-state index < -0.39 is 18.1 Å². The number of aryl methyl sites for hydroxylation is 1. The van der Waals surface area contributed by atoms with Crippen LogP contribution in [0, 0.1) is 6.92 Å². The van der Waals surface area contributed by atoms with Crippen molar-refractivity contribution in [3.05, 3.63) is 34.9 Å². The fraction of sp³-hybridized carbons (Fsp3) is 0.333. The van der Waals surface area contributed by atoms with Crippen LogP contribution in [-0.4, -0.2) is 29.6 Å². The monoisotopic (exact) mass is 307 g/mol. The number of pyridine rings is 1. The van der Waals surface area contributed by atoms with Crippen LogP contribution in [0.1, 0.15) is 12.0 Å². The molecule has 6 heteroatoms. The molecule has 1 aromatic heterocycles. The number of benzene rings is 1. The number of carbonyl (C=O) groups excluding carboxylic acids is 1. The van der Waals surface area contributed by atoms with Gasteiger partial charge in [-0.2, -0.15) is 0 Å². The Labute approximate surface area is 126 Å². The number of primary amides is 1. The second kappa shape index (κ2) is 5.15. The molecule has 1 aliphatic heterocycles. The molecule has 3 rings (SSSR count). The van der Waals surface area contributed by atoms with Crippen molar-refractivity contribution in [3.63, 3.8) is 0 Å². The Bertz CT molecular complexity index is 721. The lowest BCUT2D eigenvalue weighted by atomic mass is 10.1. The lowest BCUT2D eigenvalue weighted by Gasteiger charge is -2.23. The van der Waals surface area contributed by atoms with Crippen LogP contribution < -0.4 is 10.6 Å². The number of hydrogen-bond donors (Lipinski definition) is 1.